The second-order valence-corrected chi connectivity index (χ2v) is 3.41. The molecule has 1 aliphatic rings. The Morgan fingerprint density at radius 1 is 1.35 bits per heavy atom. The Bertz CT molecular complexity index is 567. The van der Waals surface area contributed by atoms with Crippen molar-refractivity contribution in [1.29, 1.82) is 0 Å². The molecule has 7 nitrogen and oxygen atoms in total. The number of rotatable bonds is 2. The molecule has 88 valence electrons. The Labute approximate surface area is 95.8 Å². The average molecular weight is 235 g/mol. The van der Waals surface area contributed by atoms with Gasteiger partial charge in [0.1, 0.15) is 11.3 Å². The summed E-state index contributed by atoms with van der Waals surface area (Å²) in [4.78, 5) is 4.04. The third-order valence-corrected chi connectivity index (χ3v) is 2.38. The summed E-state index contributed by atoms with van der Waals surface area (Å²) in [6.07, 6.45) is 0. The quantitative estimate of drug-likeness (QED) is 0.786. The molecule has 0 bridgehead atoms. The van der Waals surface area contributed by atoms with Gasteiger partial charge in [-0.25, -0.2) is 0 Å². The molecule has 1 aliphatic heterocycles. The lowest BCUT2D eigenvalue weighted by Crippen LogP contribution is -1.96. The Kier molecular flexibility index (Phi) is 2.12. The highest BCUT2D eigenvalue weighted by Crippen LogP contribution is 2.45. The molecular formula is C10H9N3O4. The van der Waals surface area contributed by atoms with Crippen LogP contribution >= 0.6 is 0 Å². The van der Waals surface area contributed by atoms with Crippen LogP contribution < -0.4 is 15.2 Å². The molecule has 1 aromatic heterocycles. The van der Waals surface area contributed by atoms with Crippen LogP contribution in [0.1, 0.15) is 5.89 Å². The van der Waals surface area contributed by atoms with Crippen molar-refractivity contribution in [3.8, 4) is 28.6 Å². The summed E-state index contributed by atoms with van der Waals surface area (Å²) >= 11 is 0. The zero-order valence-corrected chi connectivity index (χ0v) is 8.71. The first kappa shape index (κ1) is 9.91. The van der Waals surface area contributed by atoms with Gasteiger partial charge in [0.2, 0.25) is 18.5 Å². The highest BCUT2D eigenvalue weighted by molar-refractivity contribution is 5.75. The predicted octanol–water partition coefficient (Wildman–Crippen LogP) is 0.630. The van der Waals surface area contributed by atoms with Crippen LogP contribution in [0.2, 0.25) is 0 Å². The molecule has 0 unspecified atom stereocenters. The van der Waals surface area contributed by atoms with E-state index in [2.05, 4.69) is 10.1 Å². The summed E-state index contributed by atoms with van der Waals surface area (Å²) in [5.41, 5.74) is 5.73. The van der Waals surface area contributed by atoms with Gasteiger partial charge in [-0.15, -0.1) is 0 Å². The molecule has 0 saturated heterocycles. The van der Waals surface area contributed by atoms with Gasteiger partial charge in [0, 0.05) is 0 Å². The lowest BCUT2D eigenvalue weighted by Gasteiger charge is -2.03. The van der Waals surface area contributed by atoms with Gasteiger partial charge in [-0.05, 0) is 12.1 Å². The summed E-state index contributed by atoms with van der Waals surface area (Å²) < 4.78 is 15.4. The summed E-state index contributed by atoms with van der Waals surface area (Å²) in [5.74, 6) is 1.46. The van der Waals surface area contributed by atoms with Crippen LogP contribution in [0.15, 0.2) is 16.7 Å². The predicted molar refractivity (Wildman–Crippen MR) is 55.4 cm³/mol. The van der Waals surface area contributed by atoms with E-state index in [1.54, 1.807) is 6.07 Å². The topological polar surface area (TPSA) is 104 Å². The molecular weight excluding hydrogens is 226 g/mol. The number of ether oxygens (including phenoxy) is 2. The van der Waals surface area contributed by atoms with E-state index in [1.807, 2.05) is 0 Å². The molecule has 3 N–H and O–H groups in total. The van der Waals surface area contributed by atoms with Crippen molar-refractivity contribution < 1.29 is 19.1 Å². The summed E-state index contributed by atoms with van der Waals surface area (Å²) in [7, 11) is 0. The summed E-state index contributed by atoms with van der Waals surface area (Å²) in [5, 5.41) is 13.6. The number of fused-ring (bicyclic) bond motifs is 1. The zero-order chi connectivity index (χ0) is 11.8. The third-order valence-electron chi connectivity index (χ3n) is 2.38. The second kappa shape index (κ2) is 3.63. The second-order valence-electron chi connectivity index (χ2n) is 3.41. The maximum Gasteiger partial charge on any atom is 0.240 e. The van der Waals surface area contributed by atoms with Crippen molar-refractivity contribution in [2.75, 3.05) is 6.79 Å². The zero-order valence-electron chi connectivity index (χ0n) is 8.71. The Morgan fingerprint density at radius 2 is 2.24 bits per heavy atom. The fourth-order valence-corrected chi connectivity index (χ4v) is 1.62. The van der Waals surface area contributed by atoms with E-state index < -0.39 is 0 Å². The summed E-state index contributed by atoms with van der Waals surface area (Å²) in [6.45, 7) is 0.244. The molecule has 0 saturated carbocycles. The standard InChI is InChI=1S/C10H9N3O4/c11-3-7-12-10(13-17-7)8-5(14)1-2-6-9(8)16-4-15-6/h1-2,14H,3-4,11H2. The number of benzene rings is 1. The number of hydrogen-bond acceptors (Lipinski definition) is 7. The average Bonchev–Trinajstić information content (AvgIpc) is 2.96. The largest absolute Gasteiger partial charge is 0.507 e. The van der Waals surface area contributed by atoms with Gasteiger partial charge >= 0.3 is 0 Å². The van der Waals surface area contributed by atoms with Crippen molar-refractivity contribution in [3.63, 3.8) is 0 Å². The SMILES string of the molecule is NCc1nc(-c2c(O)ccc3c2OCO3)no1. The number of aromatic hydroxyl groups is 1. The van der Waals surface area contributed by atoms with Gasteiger partial charge in [0.05, 0.1) is 6.54 Å². The van der Waals surface area contributed by atoms with Crippen LogP contribution in [0.5, 0.6) is 17.2 Å². The molecule has 1 aromatic carbocycles. The van der Waals surface area contributed by atoms with Crippen LogP contribution in [0, 0.1) is 0 Å². The van der Waals surface area contributed by atoms with E-state index in [1.165, 1.54) is 6.07 Å². The number of aromatic nitrogens is 2. The van der Waals surface area contributed by atoms with Gasteiger partial charge in [-0.2, -0.15) is 4.98 Å². The number of phenols is 1. The van der Waals surface area contributed by atoms with Gasteiger partial charge in [0.15, 0.2) is 11.5 Å². The third kappa shape index (κ3) is 1.48. The lowest BCUT2D eigenvalue weighted by atomic mass is 10.1. The molecule has 2 aromatic rings. The van der Waals surface area contributed by atoms with Crippen LogP contribution in [0.3, 0.4) is 0 Å². The Morgan fingerprint density at radius 3 is 3.00 bits per heavy atom. The van der Waals surface area contributed by atoms with Crippen molar-refractivity contribution in [2.45, 2.75) is 6.54 Å². The highest BCUT2D eigenvalue weighted by atomic mass is 16.7. The Hall–Kier alpha value is -2.28. The van der Waals surface area contributed by atoms with E-state index in [-0.39, 0.29) is 30.8 Å². The molecule has 3 rings (SSSR count). The van der Waals surface area contributed by atoms with Crippen molar-refractivity contribution in [2.24, 2.45) is 5.73 Å². The first-order chi connectivity index (χ1) is 8.29. The molecule has 0 aliphatic carbocycles. The fourth-order valence-electron chi connectivity index (χ4n) is 1.62. The minimum Gasteiger partial charge on any atom is -0.507 e. The lowest BCUT2D eigenvalue weighted by molar-refractivity contribution is 0.174. The minimum atomic E-state index is -0.00128. The van der Waals surface area contributed by atoms with E-state index >= 15 is 0 Å². The normalized spacial score (nSPS) is 13.0. The minimum absolute atomic E-state index is 0.00128. The highest BCUT2D eigenvalue weighted by Gasteiger charge is 2.25. The van der Waals surface area contributed by atoms with Gasteiger partial charge in [-0.3, -0.25) is 0 Å². The van der Waals surface area contributed by atoms with E-state index in [9.17, 15) is 5.11 Å². The summed E-state index contributed by atoms with van der Waals surface area (Å²) in [6, 6.07) is 3.10. The molecule has 2 heterocycles. The maximum absolute atomic E-state index is 9.82. The molecule has 7 heteroatoms. The van der Waals surface area contributed by atoms with Crippen LogP contribution in [0.4, 0.5) is 0 Å². The van der Waals surface area contributed by atoms with Crippen LogP contribution in [-0.4, -0.2) is 22.0 Å². The first-order valence-corrected chi connectivity index (χ1v) is 4.94. The molecule has 0 fully saturated rings. The van der Waals surface area contributed by atoms with Crippen molar-refractivity contribution in [3.05, 3.63) is 18.0 Å². The van der Waals surface area contributed by atoms with Crippen molar-refractivity contribution in [1.82, 2.24) is 10.1 Å². The molecule has 0 amide bonds. The molecule has 0 atom stereocenters. The smallest absolute Gasteiger partial charge is 0.240 e. The van der Waals surface area contributed by atoms with Gasteiger partial charge in [-0.1, -0.05) is 5.16 Å². The number of nitrogens with zero attached hydrogens (tertiary/aromatic N) is 2. The van der Waals surface area contributed by atoms with Crippen molar-refractivity contribution >= 4 is 0 Å². The van der Waals surface area contributed by atoms with Gasteiger partial charge in [0.25, 0.3) is 0 Å². The van der Waals surface area contributed by atoms with Crippen LogP contribution in [-0.2, 0) is 6.54 Å². The Balaban J connectivity index is 2.16. The van der Waals surface area contributed by atoms with E-state index in [0.29, 0.717) is 17.1 Å². The number of nitrogens with two attached hydrogens (primary N) is 1. The van der Waals surface area contributed by atoms with Crippen LogP contribution in [0.25, 0.3) is 11.4 Å². The maximum atomic E-state index is 9.82. The number of hydrogen-bond donors (Lipinski definition) is 2. The fraction of sp³-hybridized carbons (Fsp3) is 0.200. The monoisotopic (exact) mass is 235 g/mol. The van der Waals surface area contributed by atoms with E-state index in [4.69, 9.17) is 19.7 Å². The molecule has 0 radical (unpaired) electrons. The number of phenolic OH excluding ortho intramolecular Hbond substituents is 1. The van der Waals surface area contributed by atoms with E-state index in [0.717, 1.165) is 0 Å². The molecule has 0 spiro atoms. The van der Waals surface area contributed by atoms with Gasteiger partial charge < -0.3 is 24.8 Å². The first-order valence-electron chi connectivity index (χ1n) is 4.94. The molecule has 17 heavy (non-hydrogen) atoms.